The summed E-state index contributed by atoms with van der Waals surface area (Å²) in [4.78, 5) is 11.6. The smallest absolute Gasteiger partial charge is 0.319 e. The van der Waals surface area contributed by atoms with Crippen LogP contribution in [0.25, 0.3) is 0 Å². The van der Waals surface area contributed by atoms with Crippen LogP contribution in [0.15, 0.2) is 24.3 Å². The highest BCUT2D eigenvalue weighted by Crippen LogP contribution is 2.24. The minimum Gasteiger partial charge on any atom is -0.335 e. The number of hydrogen-bond donors (Lipinski definition) is 2. The first-order valence-corrected chi connectivity index (χ1v) is 5.96. The summed E-state index contributed by atoms with van der Waals surface area (Å²) >= 11 is 0. The summed E-state index contributed by atoms with van der Waals surface area (Å²) in [5.41, 5.74) is 0.480. The lowest BCUT2D eigenvalue weighted by Crippen LogP contribution is -2.36. The second-order valence-corrected chi connectivity index (χ2v) is 4.72. The Morgan fingerprint density at radius 2 is 2.24 bits per heavy atom. The summed E-state index contributed by atoms with van der Waals surface area (Å²) in [6, 6.07) is 5.88. The van der Waals surface area contributed by atoms with Crippen LogP contribution in [-0.4, -0.2) is 12.1 Å². The van der Waals surface area contributed by atoms with E-state index in [0.717, 1.165) is 19.3 Å². The molecule has 2 unspecified atom stereocenters. The van der Waals surface area contributed by atoms with Gasteiger partial charge in [-0.2, -0.15) is 0 Å². The molecule has 1 aliphatic rings. The minimum atomic E-state index is -0.350. The number of amides is 2. The molecule has 1 aromatic rings. The van der Waals surface area contributed by atoms with E-state index in [0.29, 0.717) is 11.6 Å². The normalized spacial score (nSPS) is 23.4. The number of benzene rings is 1. The number of hydrogen-bond acceptors (Lipinski definition) is 1. The summed E-state index contributed by atoms with van der Waals surface area (Å²) in [6.07, 6.45) is 3.21. The first-order valence-electron chi connectivity index (χ1n) is 5.96. The molecule has 1 fully saturated rings. The van der Waals surface area contributed by atoms with E-state index in [-0.39, 0.29) is 17.9 Å². The highest BCUT2D eigenvalue weighted by atomic mass is 19.1. The van der Waals surface area contributed by atoms with Gasteiger partial charge in [0, 0.05) is 11.7 Å². The number of anilines is 1. The summed E-state index contributed by atoms with van der Waals surface area (Å²) in [5, 5.41) is 5.54. The quantitative estimate of drug-likeness (QED) is 0.813. The third-order valence-corrected chi connectivity index (χ3v) is 3.11. The fourth-order valence-electron chi connectivity index (χ4n) is 2.26. The Balaban J connectivity index is 1.85. The van der Waals surface area contributed by atoms with E-state index in [1.54, 1.807) is 12.1 Å². The van der Waals surface area contributed by atoms with Gasteiger partial charge in [-0.25, -0.2) is 9.18 Å². The van der Waals surface area contributed by atoms with Crippen molar-refractivity contribution < 1.29 is 9.18 Å². The average Bonchev–Trinajstić information content (AvgIpc) is 2.63. The topological polar surface area (TPSA) is 41.1 Å². The van der Waals surface area contributed by atoms with Crippen molar-refractivity contribution in [2.24, 2.45) is 5.92 Å². The molecular formula is C13H17FN2O. The first kappa shape index (κ1) is 11.9. The summed E-state index contributed by atoms with van der Waals surface area (Å²) in [5.74, 6) is 0.326. The van der Waals surface area contributed by atoms with Gasteiger partial charge in [-0.3, -0.25) is 0 Å². The molecule has 1 aromatic carbocycles. The Morgan fingerprint density at radius 1 is 1.41 bits per heavy atom. The highest BCUT2D eigenvalue weighted by Gasteiger charge is 2.22. The fraction of sp³-hybridized carbons (Fsp3) is 0.462. The van der Waals surface area contributed by atoms with Crippen molar-refractivity contribution in [3.63, 3.8) is 0 Å². The van der Waals surface area contributed by atoms with Gasteiger partial charge >= 0.3 is 6.03 Å². The van der Waals surface area contributed by atoms with Gasteiger partial charge in [0.25, 0.3) is 0 Å². The molecule has 4 heteroatoms. The van der Waals surface area contributed by atoms with E-state index < -0.39 is 0 Å². The molecule has 1 saturated carbocycles. The summed E-state index contributed by atoms with van der Waals surface area (Å²) < 4.78 is 12.9. The Bertz CT molecular complexity index is 408. The lowest BCUT2D eigenvalue weighted by atomic mass is 10.1. The van der Waals surface area contributed by atoms with Crippen LogP contribution in [-0.2, 0) is 0 Å². The monoisotopic (exact) mass is 236 g/mol. The lowest BCUT2D eigenvalue weighted by Gasteiger charge is -2.13. The maximum absolute atomic E-state index is 12.9. The number of rotatable bonds is 2. The Hall–Kier alpha value is -1.58. The molecule has 17 heavy (non-hydrogen) atoms. The van der Waals surface area contributed by atoms with Crippen LogP contribution < -0.4 is 10.6 Å². The van der Waals surface area contributed by atoms with Gasteiger partial charge in [0.2, 0.25) is 0 Å². The molecule has 2 rings (SSSR count). The Morgan fingerprint density at radius 3 is 2.88 bits per heavy atom. The third-order valence-electron chi connectivity index (χ3n) is 3.11. The van der Waals surface area contributed by atoms with Crippen molar-refractivity contribution in [2.45, 2.75) is 32.2 Å². The number of carbonyl (C=O) groups excluding carboxylic acids is 1. The van der Waals surface area contributed by atoms with Crippen LogP contribution in [0.2, 0.25) is 0 Å². The van der Waals surface area contributed by atoms with Gasteiger partial charge in [-0.1, -0.05) is 13.0 Å². The van der Waals surface area contributed by atoms with E-state index in [1.165, 1.54) is 12.1 Å². The van der Waals surface area contributed by atoms with Crippen LogP contribution in [0, 0.1) is 11.7 Å². The maximum atomic E-state index is 12.9. The van der Waals surface area contributed by atoms with Crippen molar-refractivity contribution in [1.82, 2.24) is 5.32 Å². The SMILES string of the molecule is CC1CCC(NC(=O)Nc2cccc(F)c2)C1. The van der Waals surface area contributed by atoms with Crippen LogP contribution >= 0.6 is 0 Å². The summed E-state index contributed by atoms with van der Waals surface area (Å²) in [6.45, 7) is 2.19. The molecule has 2 N–H and O–H groups in total. The molecule has 0 heterocycles. The van der Waals surface area contributed by atoms with Crippen molar-refractivity contribution in [3.8, 4) is 0 Å². The molecule has 0 radical (unpaired) electrons. The second kappa shape index (κ2) is 5.17. The van der Waals surface area contributed by atoms with Crippen LogP contribution in [0.5, 0.6) is 0 Å². The Kier molecular flexibility index (Phi) is 3.61. The molecule has 92 valence electrons. The van der Waals surface area contributed by atoms with E-state index in [1.807, 2.05) is 0 Å². The van der Waals surface area contributed by atoms with E-state index in [2.05, 4.69) is 17.6 Å². The minimum absolute atomic E-state index is 0.249. The standard InChI is InChI=1S/C13H17FN2O/c1-9-5-6-12(7-9)16-13(17)15-11-4-2-3-10(14)8-11/h2-4,8-9,12H,5-7H2,1H3,(H2,15,16,17). The van der Waals surface area contributed by atoms with E-state index in [4.69, 9.17) is 0 Å². The summed E-state index contributed by atoms with van der Waals surface area (Å²) in [7, 11) is 0. The van der Waals surface area contributed by atoms with Crippen LogP contribution in [0.4, 0.5) is 14.9 Å². The predicted molar refractivity (Wildman–Crippen MR) is 65.4 cm³/mol. The molecule has 0 spiro atoms. The van der Waals surface area contributed by atoms with E-state index in [9.17, 15) is 9.18 Å². The Labute approximate surface area is 100 Å². The molecule has 0 bridgehead atoms. The molecule has 1 aliphatic carbocycles. The largest absolute Gasteiger partial charge is 0.335 e. The number of halogens is 1. The van der Waals surface area contributed by atoms with Gasteiger partial charge in [-0.15, -0.1) is 0 Å². The van der Waals surface area contributed by atoms with Gasteiger partial charge in [0.15, 0.2) is 0 Å². The zero-order valence-electron chi connectivity index (χ0n) is 9.87. The number of nitrogens with one attached hydrogen (secondary N) is 2. The van der Waals surface area contributed by atoms with Crippen LogP contribution in [0.3, 0.4) is 0 Å². The zero-order chi connectivity index (χ0) is 12.3. The fourth-order valence-corrected chi connectivity index (χ4v) is 2.26. The molecule has 3 nitrogen and oxygen atoms in total. The third kappa shape index (κ3) is 3.44. The average molecular weight is 236 g/mol. The molecular weight excluding hydrogens is 219 g/mol. The van der Waals surface area contributed by atoms with Gasteiger partial charge < -0.3 is 10.6 Å². The number of urea groups is 1. The van der Waals surface area contributed by atoms with Crippen molar-refractivity contribution in [1.29, 1.82) is 0 Å². The van der Waals surface area contributed by atoms with E-state index >= 15 is 0 Å². The number of carbonyl (C=O) groups is 1. The molecule has 0 aliphatic heterocycles. The van der Waals surface area contributed by atoms with Gasteiger partial charge in [0.05, 0.1) is 0 Å². The van der Waals surface area contributed by atoms with Crippen molar-refractivity contribution in [2.75, 3.05) is 5.32 Å². The van der Waals surface area contributed by atoms with Gasteiger partial charge in [0.1, 0.15) is 5.82 Å². The first-order chi connectivity index (χ1) is 8.13. The maximum Gasteiger partial charge on any atom is 0.319 e. The van der Waals surface area contributed by atoms with Crippen LogP contribution in [0.1, 0.15) is 26.2 Å². The second-order valence-electron chi connectivity index (χ2n) is 4.72. The lowest BCUT2D eigenvalue weighted by molar-refractivity contribution is 0.248. The molecule has 0 saturated heterocycles. The zero-order valence-corrected chi connectivity index (χ0v) is 9.87. The molecule has 0 aromatic heterocycles. The van der Waals surface area contributed by atoms with Crippen molar-refractivity contribution >= 4 is 11.7 Å². The molecule has 2 atom stereocenters. The predicted octanol–water partition coefficient (Wildman–Crippen LogP) is 3.14. The molecule has 2 amide bonds. The van der Waals surface area contributed by atoms with Crippen molar-refractivity contribution in [3.05, 3.63) is 30.1 Å². The van der Waals surface area contributed by atoms with Gasteiger partial charge in [-0.05, 0) is 43.4 Å². The highest BCUT2D eigenvalue weighted by molar-refractivity contribution is 5.89.